The van der Waals surface area contributed by atoms with Crippen LogP contribution in [-0.2, 0) is 0 Å². The first-order chi connectivity index (χ1) is 8.42. The summed E-state index contributed by atoms with van der Waals surface area (Å²) in [6.07, 6.45) is 4.22. The minimum atomic E-state index is 0.425. The van der Waals surface area contributed by atoms with E-state index in [2.05, 4.69) is 72.9 Å². The highest BCUT2D eigenvalue weighted by atomic mass is 127. The Kier molecular flexibility index (Phi) is 2.92. The van der Waals surface area contributed by atoms with Crippen molar-refractivity contribution in [1.29, 1.82) is 0 Å². The van der Waals surface area contributed by atoms with Gasteiger partial charge in [-0.15, -0.1) is 0 Å². The van der Waals surface area contributed by atoms with Crippen molar-refractivity contribution in [3.8, 4) is 0 Å². The summed E-state index contributed by atoms with van der Waals surface area (Å²) in [7, 11) is 0. The molecule has 0 saturated heterocycles. The zero-order valence-electron chi connectivity index (χ0n) is 11.5. The topological polar surface area (TPSA) is 12.0 Å². The SMILES string of the molecule is CC12CCC(C1)C(C)(C)C2Nc1cccc(I)c1. The second-order valence-electron chi connectivity index (χ2n) is 7.00. The maximum Gasteiger partial charge on any atom is 0.0368 e. The lowest BCUT2D eigenvalue weighted by molar-refractivity contribution is 0.155. The lowest BCUT2D eigenvalue weighted by atomic mass is 9.68. The quantitative estimate of drug-likeness (QED) is 0.743. The number of hydrogen-bond donors (Lipinski definition) is 1. The first kappa shape index (κ1) is 12.8. The van der Waals surface area contributed by atoms with Gasteiger partial charge in [-0.3, -0.25) is 0 Å². The fraction of sp³-hybridized carbons (Fsp3) is 0.625. The Bertz CT molecular complexity index is 463. The summed E-state index contributed by atoms with van der Waals surface area (Å²) in [5.41, 5.74) is 2.21. The third-order valence-electron chi connectivity index (χ3n) is 5.41. The third-order valence-corrected chi connectivity index (χ3v) is 6.08. The fourth-order valence-electron chi connectivity index (χ4n) is 4.41. The summed E-state index contributed by atoms with van der Waals surface area (Å²) in [5, 5.41) is 3.84. The second kappa shape index (κ2) is 4.12. The van der Waals surface area contributed by atoms with Crippen molar-refractivity contribution < 1.29 is 0 Å². The van der Waals surface area contributed by atoms with Gasteiger partial charge in [-0.2, -0.15) is 0 Å². The van der Waals surface area contributed by atoms with Gasteiger partial charge < -0.3 is 5.32 Å². The number of benzene rings is 1. The molecule has 18 heavy (non-hydrogen) atoms. The molecule has 1 aromatic carbocycles. The number of nitrogens with one attached hydrogen (secondary N) is 1. The lowest BCUT2D eigenvalue weighted by Crippen LogP contribution is -2.45. The van der Waals surface area contributed by atoms with E-state index in [1.807, 2.05) is 0 Å². The molecule has 0 radical (unpaired) electrons. The van der Waals surface area contributed by atoms with Crippen LogP contribution < -0.4 is 5.32 Å². The molecule has 2 aliphatic rings. The van der Waals surface area contributed by atoms with E-state index < -0.39 is 0 Å². The van der Waals surface area contributed by atoms with Crippen molar-refractivity contribution in [3.05, 3.63) is 27.8 Å². The van der Waals surface area contributed by atoms with Crippen molar-refractivity contribution in [2.24, 2.45) is 16.7 Å². The van der Waals surface area contributed by atoms with Crippen LogP contribution in [0.2, 0.25) is 0 Å². The van der Waals surface area contributed by atoms with Gasteiger partial charge >= 0.3 is 0 Å². The van der Waals surface area contributed by atoms with Gasteiger partial charge in [-0.25, -0.2) is 0 Å². The van der Waals surface area contributed by atoms with E-state index in [-0.39, 0.29) is 0 Å². The minimum absolute atomic E-state index is 0.425. The molecular formula is C16H22IN. The van der Waals surface area contributed by atoms with Gasteiger partial charge in [0.1, 0.15) is 0 Å². The van der Waals surface area contributed by atoms with Crippen LogP contribution in [0.15, 0.2) is 24.3 Å². The maximum atomic E-state index is 3.84. The van der Waals surface area contributed by atoms with Crippen LogP contribution in [0.3, 0.4) is 0 Å². The predicted molar refractivity (Wildman–Crippen MR) is 85.8 cm³/mol. The monoisotopic (exact) mass is 355 g/mol. The van der Waals surface area contributed by atoms with E-state index in [9.17, 15) is 0 Å². The standard InChI is InChI=1S/C16H22IN/c1-15(2)11-7-8-16(3,10-11)14(15)18-13-6-4-5-12(17)9-13/h4-6,9,11,14,18H,7-8,10H2,1-3H3. The molecule has 0 aromatic heterocycles. The first-order valence-electron chi connectivity index (χ1n) is 6.94. The van der Waals surface area contributed by atoms with Crippen LogP contribution in [0.25, 0.3) is 0 Å². The molecule has 0 aliphatic heterocycles. The molecule has 2 bridgehead atoms. The zero-order valence-corrected chi connectivity index (χ0v) is 13.6. The summed E-state index contributed by atoms with van der Waals surface area (Å²) < 4.78 is 1.31. The summed E-state index contributed by atoms with van der Waals surface area (Å²) in [6, 6.07) is 9.37. The summed E-state index contributed by atoms with van der Waals surface area (Å²) >= 11 is 2.39. The molecular weight excluding hydrogens is 333 g/mol. The highest BCUT2D eigenvalue weighted by Crippen LogP contribution is 2.63. The van der Waals surface area contributed by atoms with Gasteiger partial charge in [-0.1, -0.05) is 26.8 Å². The number of hydrogen-bond acceptors (Lipinski definition) is 1. The number of anilines is 1. The molecule has 3 rings (SSSR count). The highest BCUT2D eigenvalue weighted by molar-refractivity contribution is 14.1. The van der Waals surface area contributed by atoms with Crippen molar-refractivity contribution in [1.82, 2.24) is 0 Å². The van der Waals surface area contributed by atoms with E-state index in [1.54, 1.807) is 0 Å². The molecule has 2 aliphatic carbocycles. The van der Waals surface area contributed by atoms with Crippen LogP contribution in [0, 0.1) is 20.3 Å². The van der Waals surface area contributed by atoms with Crippen molar-refractivity contribution in [2.75, 3.05) is 5.32 Å². The molecule has 2 fully saturated rings. The van der Waals surface area contributed by atoms with E-state index in [0.29, 0.717) is 16.9 Å². The van der Waals surface area contributed by atoms with Gasteiger partial charge in [0.05, 0.1) is 0 Å². The summed E-state index contributed by atoms with van der Waals surface area (Å²) in [4.78, 5) is 0. The molecule has 0 heterocycles. The summed E-state index contributed by atoms with van der Waals surface area (Å²) in [6.45, 7) is 7.38. The zero-order chi connectivity index (χ0) is 13.0. The average Bonchev–Trinajstić information content (AvgIpc) is 2.76. The van der Waals surface area contributed by atoms with Crippen LogP contribution in [0.5, 0.6) is 0 Å². The van der Waals surface area contributed by atoms with Crippen molar-refractivity contribution >= 4 is 28.3 Å². The number of halogens is 1. The Morgan fingerprint density at radius 2 is 2.06 bits per heavy atom. The van der Waals surface area contributed by atoms with Gasteiger partial charge in [0.2, 0.25) is 0 Å². The van der Waals surface area contributed by atoms with E-state index >= 15 is 0 Å². The van der Waals surface area contributed by atoms with E-state index in [4.69, 9.17) is 0 Å². The molecule has 1 aromatic rings. The molecule has 0 spiro atoms. The van der Waals surface area contributed by atoms with Gasteiger partial charge in [0, 0.05) is 15.3 Å². The normalized spacial score (nSPS) is 36.9. The molecule has 3 unspecified atom stereocenters. The highest BCUT2D eigenvalue weighted by Gasteiger charge is 2.59. The lowest BCUT2D eigenvalue weighted by Gasteiger charge is -2.43. The van der Waals surface area contributed by atoms with Gasteiger partial charge in [0.25, 0.3) is 0 Å². The molecule has 1 N–H and O–H groups in total. The Morgan fingerprint density at radius 1 is 1.28 bits per heavy atom. The fourth-order valence-corrected chi connectivity index (χ4v) is 4.95. The Labute approximate surface area is 124 Å². The van der Waals surface area contributed by atoms with Crippen LogP contribution in [-0.4, -0.2) is 6.04 Å². The van der Waals surface area contributed by atoms with Crippen molar-refractivity contribution in [2.45, 2.75) is 46.1 Å². The Balaban J connectivity index is 1.88. The first-order valence-corrected chi connectivity index (χ1v) is 8.02. The Hall–Kier alpha value is -0.250. The molecule has 98 valence electrons. The largest absolute Gasteiger partial charge is 0.381 e. The smallest absolute Gasteiger partial charge is 0.0368 e. The average molecular weight is 355 g/mol. The molecule has 2 heteroatoms. The molecule has 2 saturated carbocycles. The minimum Gasteiger partial charge on any atom is -0.381 e. The maximum absolute atomic E-state index is 3.84. The van der Waals surface area contributed by atoms with Gasteiger partial charge in [0.15, 0.2) is 0 Å². The number of rotatable bonds is 2. The third kappa shape index (κ3) is 1.87. The molecule has 0 amide bonds. The van der Waals surface area contributed by atoms with Crippen LogP contribution >= 0.6 is 22.6 Å². The predicted octanol–water partition coefficient (Wildman–Crippen LogP) is 4.92. The second-order valence-corrected chi connectivity index (χ2v) is 8.25. The Morgan fingerprint density at radius 3 is 2.67 bits per heavy atom. The van der Waals surface area contributed by atoms with Crippen molar-refractivity contribution in [3.63, 3.8) is 0 Å². The summed E-state index contributed by atoms with van der Waals surface area (Å²) in [5.74, 6) is 0.905. The van der Waals surface area contributed by atoms with E-state index in [1.165, 1.54) is 28.5 Å². The van der Waals surface area contributed by atoms with E-state index in [0.717, 1.165) is 5.92 Å². The molecule has 3 atom stereocenters. The van der Waals surface area contributed by atoms with Gasteiger partial charge in [-0.05, 0) is 76.8 Å². The molecule has 1 nitrogen and oxygen atoms in total. The number of fused-ring (bicyclic) bond motifs is 2. The van der Waals surface area contributed by atoms with Crippen LogP contribution in [0.1, 0.15) is 40.0 Å². The van der Waals surface area contributed by atoms with Crippen LogP contribution in [0.4, 0.5) is 5.69 Å².